The van der Waals surface area contributed by atoms with Crippen LogP contribution >= 0.6 is 37.2 Å². The zero-order chi connectivity index (χ0) is 16.4. The number of fused-ring (bicyclic) bond motifs is 1. The van der Waals surface area contributed by atoms with Crippen molar-refractivity contribution in [3.63, 3.8) is 0 Å². The SMILES string of the molecule is Cc1nc2ncnn2c(C)c1-c1c(F)cc(F)cc1F.II. The molecule has 0 aliphatic rings. The van der Waals surface area contributed by atoms with Crippen LogP contribution in [0.3, 0.4) is 0 Å². The van der Waals surface area contributed by atoms with Gasteiger partial charge in [-0.2, -0.15) is 10.1 Å². The van der Waals surface area contributed by atoms with E-state index in [-0.39, 0.29) is 11.1 Å². The fourth-order valence-electron chi connectivity index (χ4n) is 2.26. The Morgan fingerprint density at radius 3 is 2.18 bits per heavy atom. The van der Waals surface area contributed by atoms with Crippen molar-refractivity contribution < 1.29 is 13.2 Å². The Bertz CT molecular complexity index is 813. The third-order valence-electron chi connectivity index (χ3n) is 3.10. The molecule has 0 N–H and O–H groups in total. The second-order valence-corrected chi connectivity index (χ2v) is 4.37. The molecule has 3 rings (SSSR count). The smallest absolute Gasteiger partial charge is 0.216 e. The van der Waals surface area contributed by atoms with E-state index in [2.05, 4.69) is 52.3 Å². The van der Waals surface area contributed by atoms with Crippen molar-refractivity contribution in [2.75, 3.05) is 0 Å². The van der Waals surface area contributed by atoms with E-state index in [0.29, 0.717) is 29.3 Å². The van der Waals surface area contributed by atoms with Crippen molar-refractivity contribution in [1.29, 1.82) is 0 Å². The highest BCUT2D eigenvalue weighted by atomic mass is 128. The van der Waals surface area contributed by atoms with Crippen LogP contribution in [0.2, 0.25) is 0 Å². The number of hydrogen-bond donors (Lipinski definition) is 0. The molecule has 0 saturated heterocycles. The Kier molecular flexibility index (Phi) is 5.58. The fraction of sp³-hybridized carbons (Fsp3) is 0.154. The third-order valence-corrected chi connectivity index (χ3v) is 3.10. The molecule has 3 aromatic rings. The summed E-state index contributed by atoms with van der Waals surface area (Å²) in [5.41, 5.74) is 0.811. The maximum atomic E-state index is 13.9. The van der Waals surface area contributed by atoms with Gasteiger partial charge in [0.15, 0.2) is 0 Å². The van der Waals surface area contributed by atoms with Crippen LogP contribution in [0.5, 0.6) is 0 Å². The monoisotopic (exact) mass is 532 g/mol. The minimum absolute atomic E-state index is 0.248. The summed E-state index contributed by atoms with van der Waals surface area (Å²) in [6.45, 7) is 3.26. The first-order valence-electron chi connectivity index (χ1n) is 5.95. The molecular weight excluding hydrogens is 523 g/mol. The molecule has 0 unspecified atom stereocenters. The Morgan fingerprint density at radius 1 is 1.00 bits per heavy atom. The summed E-state index contributed by atoms with van der Waals surface area (Å²) in [6.07, 6.45) is 1.30. The van der Waals surface area contributed by atoms with E-state index in [1.807, 2.05) is 0 Å². The summed E-state index contributed by atoms with van der Waals surface area (Å²) >= 11 is 4.24. The molecule has 0 fully saturated rings. The molecule has 1 aromatic carbocycles. The predicted molar refractivity (Wildman–Crippen MR) is 93.6 cm³/mol. The van der Waals surface area contributed by atoms with Crippen molar-refractivity contribution in [3.8, 4) is 11.1 Å². The first-order valence-corrected chi connectivity index (χ1v) is 12.2. The van der Waals surface area contributed by atoms with Gasteiger partial charge in [0.1, 0.15) is 23.8 Å². The van der Waals surface area contributed by atoms with Crippen molar-refractivity contribution in [2.45, 2.75) is 13.8 Å². The van der Waals surface area contributed by atoms with Crippen LogP contribution in [0.1, 0.15) is 11.4 Å². The number of hydrogen-bond acceptors (Lipinski definition) is 3. The van der Waals surface area contributed by atoms with Crippen molar-refractivity contribution in [3.05, 3.63) is 47.3 Å². The molecule has 0 aliphatic heterocycles. The molecule has 2 heterocycles. The highest BCUT2D eigenvalue weighted by Crippen LogP contribution is 2.31. The summed E-state index contributed by atoms with van der Waals surface area (Å²) in [7, 11) is 0. The van der Waals surface area contributed by atoms with Crippen LogP contribution in [0.15, 0.2) is 18.5 Å². The highest BCUT2D eigenvalue weighted by molar-refractivity contribution is 15.0. The van der Waals surface area contributed by atoms with Crippen molar-refractivity contribution in [1.82, 2.24) is 19.6 Å². The Morgan fingerprint density at radius 2 is 1.59 bits per heavy atom. The molecule has 0 radical (unpaired) electrons. The number of halogens is 5. The quantitative estimate of drug-likeness (QED) is 0.431. The van der Waals surface area contributed by atoms with E-state index in [4.69, 9.17) is 0 Å². The molecule has 0 saturated carbocycles. The predicted octanol–water partition coefficient (Wildman–Crippen LogP) is 4.60. The normalized spacial score (nSPS) is 10.5. The summed E-state index contributed by atoms with van der Waals surface area (Å²) in [5, 5.41) is 3.95. The Balaban J connectivity index is 0.000000847. The molecule has 9 heteroatoms. The van der Waals surface area contributed by atoms with Gasteiger partial charge in [0, 0.05) is 54.9 Å². The van der Waals surface area contributed by atoms with Gasteiger partial charge >= 0.3 is 0 Å². The van der Waals surface area contributed by atoms with E-state index in [0.717, 1.165) is 0 Å². The van der Waals surface area contributed by atoms with Gasteiger partial charge in [0.25, 0.3) is 5.78 Å². The van der Waals surface area contributed by atoms with Crippen LogP contribution in [-0.4, -0.2) is 19.6 Å². The van der Waals surface area contributed by atoms with Gasteiger partial charge in [-0.25, -0.2) is 22.7 Å². The van der Waals surface area contributed by atoms with E-state index in [1.165, 1.54) is 10.8 Å². The van der Waals surface area contributed by atoms with E-state index >= 15 is 0 Å². The van der Waals surface area contributed by atoms with Gasteiger partial charge < -0.3 is 0 Å². The second-order valence-electron chi connectivity index (χ2n) is 4.37. The minimum atomic E-state index is -0.977. The molecule has 0 spiro atoms. The lowest BCUT2D eigenvalue weighted by atomic mass is 10.0. The maximum Gasteiger partial charge on any atom is 0.252 e. The van der Waals surface area contributed by atoms with Gasteiger partial charge in [-0.1, -0.05) is 0 Å². The van der Waals surface area contributed by atoms with Gasteiger partial charge in [0.05, 0.1) is 17.0 Å². The van der Waals surface area contributed by atoms with Crippen molar-refractivity contribution in [2.24, 2.45) is 0 Å². The average Bonchev–Trinajstić information content (AvgIpc) is 2.92. The maximum absolute atomic E-state index is 13.9. The fourth-order valence-corrected chi connectivity index (χ4v) is 2.26. The summed E-state index contributed by atoms with van der Waals surface area (Å²) in [5.74, 6) is -2.58. The topological polar surface area (TPSA) is 43.1 Å². The van der Waals surface area contributed by atoms with Crippen LogP contribution in [0, 0.1) is 31.3 Å². The molecule has 22 heavy (non-hydrogen) atoms. The summed E-state index contributed by atoms with van der Waals surface area (Å²) in [4.78, 5) is 8.07. The van der Waals surface area contributed by atoms with Crippen LogP contribution in [-0.2, 0) is 0 Å². The number of aryl methyl sites for hydroxylation is 2. The molecule has 0 amide bonds. The lowest BCUT2D eigenvalue weighted by Gasteiger charge is -2.12. The van der Waals surface area contributed by atoms with E-state index in [1.54, 1.807) is 13.8 Å². The van der Waals surface area contributed by atoms with Crippen LogP contribution in [0.25, 0.3) is 16.9 Å². The largest absolute Gasteiger partial charge is 0.252 e. The Labute approximate surface area is 147 Å². The van der Waals surface area contributed by atoms with E-state index in [9.17, 15) is 13.2 Å². The lowest BCUT2D eigenvalue weighted by molar-refractivity contribution is 0.547. The number of benzene rings is 1. The zero-order valence-corrected chi connectivity index (χ0v) is 15.7. The van der Waals surface area contributed by atoms with Crippen LogP contribution < -0.4 is 0 Å². The first-order chi connectivity index (χ1) is 10.5. The highest BCUT2D eigenvalue weighted by Gasteiger charge is 2.20. The van der Waals surface area contributed by atoms with Crippen LogP contribution in [0.4, 0.5) is 13.2 Å². The third kappa shape index (κ3) is 3.05. The Hall–Kier alpha value is -0.980. The first kappa shape index (κ1) is 17.4. The second kappa shape index (κ2) is 7.06. The van der Waals surface area contributed by atoms with Gasteiger partial charge in [-0.3, -0.25) is 0 Å². The molecule has 0 atom stereocenters. The molecule has 0 aliphatic carbocycles. The van der Waals surface area contributed by atoms with Crippen molar-refractivity contribution >= 4 is 43.0 Å². The molecule has 116 valence electrons. The molecule has 0 bridgehead atoms. The molecule has 4 nitrogen and oxygen atoms in total. The summed E-state index contributed by atoms with van der Waals surface area (Å²) in [6, 6.07) is 1.28. The zero-order valence-electron chi connectivity index (χ0n) is 11.4. The molecular formula is C13H9F3I2N4. The standard InChI is InChI=1S/C13H9F3N4.I2/c1-6-11(7(2)20-13(19-6)17-5-18-20)12-9(15)3-8(14)4-10(12)16;1-2/h3-5H,1-2H3;. The van der Waals surface area contributed by atoms with Gasteiger partial charge in [-0.15, -0.1) is 0 Å². The number of rotatable bonds is 1. The van der Waals surface area contributed by atoms with E-state index < -0.39 is 17.5 Å². The minimum Gasteiger partial charge on any atom is -0.216 e. The average molecular weight is 532 g/mol. The van der Waals surface area contributed by atoms with Gasteiger partial charge in [0.2, 0.25) is 0 Å². The summed E-state index contributed by atoms with van der Waals surface area (Å²) < 4.78 is 42.2. The molecule has 2 aromatic heterocycles. The number of nitrogens with zero attached hydrogens (tertiary/aromatic N) is 4. The lowest BCUT2D eigenvalue weighted by Crippen LogP contribution is -2.05. The number of aromatic nitrogens is 4. The van der Waals surface area contributed by atoms with Gasteiger partial charge in [-0.05, 0) is 13.8 Å².